The number of hydrogen-bond acceptors (Lipinski definition) is 9. The van der Waals surface area contributed by atoms with Gasteiger partial charge < -0.3 is 18.8 Å². The molecular formula is C20H40O9P-. The van der Waals surface area contributed by atoms with Crippen molar-refractivity contribution in [1.82, 2.24) is 0 Å². The zero-order valence-corrected chi connectivity index (χ0v) is 20.2. The summed E-state index contributed by atoms with van der Waals surface area (Å²) in [6.07, 6.45) is 3.00. The predicted octanol–water partition coefficient (Wildman–Crippen LogP) is 5.80. The van der Waals surface area contributed by atoms with Crippen molar-refractivity contribution in [2.45, 2.75) is 47.1 Å². The minimum atomic E-state index is -4.39. The van der Waals surface area contributed by atoms with Gasteiger partial charge in [0.2, 0.25) is 0 Å². The van der Waals surface area contributed by atoms with E-state index in [0.29, 0.717) is 0 Å². The van der Waals surface area contributed by atoms with Gasteiger partial charge in [0.05, 0.1) is 12.2 Å². The second kappa shape index (κ2) is 25.5. The largest absolute Gasteiger partial charge is 0.756 e. The first-order chi connectivity index (χ1) is 13.9. The van der Waals surface area contributed by atoms with E-state index >= 15 is 0 Å². The quantitative estimate of drug-likeness (QED) is 0.101. The van der Waals surface area contributed by atoms with E-state index in [4.69, 9.17) is 4.52 Å². The van der Waals surface area contributed by atoms with E-state index in [1.807, 2.05) is 20.8 Å². The highest BCUT2D eigenvalue weighted by atomic mass is 31.2. The average molecular weight is 456 g/mol. The van der Waals surface area contributed by atoms with Gasteiger partial charge in [-0.15, -0.1) is 52.6 Å². The predicted molar refractivity (Wildman–Crippen MR) is 118 cm³/mol. The average Bonchev–Trinajstić information content (AvgIpc) is 2.67. The Bertz CT molecular complexity index is 421. The number of hydrogen-bond donors (Lipinski definition) is 0. The molecule has 0 saturated carbocycles. The van der Waals surface area contributed by atoms with Crippen LogP contribution in [0.5, 0.6) is 0 Å². The molecule has 0 radical (unpaired) electrons. The van der Waals surface area contributed by atoms with Crippen LogP contribution < -0.4 is 4.89 Å². The fourth-order valence-electron chi connectivity index (χ4n) is 0.880. The zero-order valence-electron chi connectivity index (χ0n) is 19.3. The van der Waals surface area contributed by atoms with E-state index in [1.54, 1.807) is 26.8 Å². The maximum absolute atomic E-state index is 11.3. The molecule has 10 heteroatoms. The van der Waals surface area contributed by atoms with Gasteiger partial charge in [-0.05, 0) is 37.3 Å². The normalized spacial score (nSPS) is 12.2. The molecule has 0 fully saturated rings. The fourth-order valence-corrected chi connectivity index (χ4v) is 1.90. The first-order valence-electron chi connectivity index (χ1n) is 8.54. The lowest BCUT2D eigenvalue weighted by Crippen LogP contribution is -2.23. The van der Waals surface area contributed by atoms with E-state index in [2.05, 4.69) is 82.0 Å². The first-order valence-corrected chi connectivity index (χ1v) is 10.00. The Hall–Kier alpha value is -1.55. The van der Waals surface area contributed by atoms with Crippen LogP contribution in [0, 0.1) is 5.41 Å². The monoisotopic (exact) mass is 455 g/mol. The van der Waals surface area contributed by atoms with E-state index in [1.165, 1.54) is 6.26 Å². The van der Waals surface area contributed by atoms with Crippen LogP contribution in [0.3, 0.4) is 0 Å². The van der Waals surface area contributed by atoms with Crippen molar-refractivity contribution in [2.24, 2.45) is 5.41 Å². The number of rotatable bonds is 10. The Labute approximate surface area is 182 Å². The second-order valence-corrected chi connectivity index (χ2v) is 7.61. The lowest BCUT2D eigenvalue weighted by molar-refractivity contribution is -0.700. The fraction of sp³-hybridized carbons (Fsp3) is 0.500. The number of allylic oxidation sites excluding steroid dienone is 1. The molecule has 30 heavy (non-hydrogen) atoms. The molecule has 0 aliphatic carbocycles. The molecule has 0 aromatic carbocycles. The maximum atomic E-state index is 11.3. The van der Waals surface area contributed by atoms with Crippen LogP contribution in [0.2, 0.25) is 0 Å². The third kappa shape index (κ3) is 45.3. The molecule has 0 saturated heterocycles. The first kappa shape index (κ1) is 39.0. The van der Waals surface area contributed by atoms with Crippen molar-refractivity contribution in [3.8, 4) is 0 Å². The summed E-state index contributed by atoms with van der Waals surface area (Å²) in [6.45, 7) is 34.1. The molecular weight excluding hydrogens is 415 g/mol. The summed E-state index contributed by atoms with van der Waals surface area (Å²) in [5.41, 5.74) is -0.942. The summed E-state index contributed by atoms with van der Waals surface area (Å²) in [7, 11) is -4.39. The SMILES string of the molecule is C=C.C=C.C=C.C=C.CC(C)(C)/C=C/OOOOOCCOP(=O)([O-])OC(C)(C)C. The van der Waals surface area contributed by atoms with Gasteiger partial charge in [-0.1, -0.05) is 20.8 Å². The van der Waals surface area contributed by atoms with Crippen molar-refractivity contribution >= 4 is 7.82 Å². The van der Waals surface area contributed by atoms with E-state index in [0.717, 1.165) is 0 Å². The summed E-state index contributed by atoms with van der Waals surface area (Å²) in [4.78, 5) is 20.2. The summed E-state index contributed by atoms with van der Waals surface area (Å²) >= 11 is 0. The third-order valence-electron chi connectivity index (χ3n) is 1.57. The second-order valence-electron chi connectivity index (χ2n) is 6.28. The number of phosphoric ester groups is 1. The summed E-state index contributed by atoms with van der Waals surface area (Å²) < 4.78 is 20.6. The highest BCUT2D eigenvalue weighted by Crippen LogP contribution is 2.42. The molecule has 180 valence electrons. The molecule has 0 heterocycles. The van der Waals surface area contributed by atoms with Crippen LogP contribution in [0.25, 0.3) is 0 Å². The maximum Gasteiger partial charge on any atom is 0.268 e. The molecule has 0 N–H and O–H groups in total. The van der Waals surface area contributed by atoms with Crippen LogP contribution in [0.4, 0.5) is 0 Å². The molecule has 0 rings (SSSR count). The highest BCUT2D eigenvalue weighted by Gasteiger charge is 2.20. The van der Waals surface area contributed by atoms with Crippen molar-refractivity contribution in [3.05, 3.63) is 65.0 Å². The number of phosphoric acid groups is 1. The summed E-state index contributed by atoms with van der Waals surface area (Å²) in [6, 6.07) is 0. The Morgan fingerprint density at radius 1 is 0.800 bits per heavy atom. The topological polar surface area (TPSA) is 105 Å². The van der Waals surface area contributed by atoms with Gasteiger partial charge in [0.25, 0.3) is 7.82 Å². The molecule has 0 amide bonds. The summed E-state index contributed by atoms with van der Waals surface area (Å²) in [5, 5.41) is 12.2. The van der Waals surface area contributed by atoms with E-state index in [-0.39, 0.29) is 18.6 Å². The minimum absolute atomic E-state index is 0.0700. The van der Waals surface area contributed by atoms with E-state index < -0.39 is 13.4 Å². The van der Waals surface area contributed by atoms with Crippen molar-refractivity contribution in [2.75, 3.05) is 13.2 Å². The Kier molecular flexibility index (Phi) is 33.1. The molecule has 9 nitrogen and oxygen atoms in total. The van der Waals surface area contributed by atoms with Crippen LogP contribution in [-0.4, -0.2) is 18.8 Å². The molecule has 1 atom stereocenters. The van der Waals surface area contributed by atoms with Gasteiger partial charge in [-0.25, -0.2) is 4.89 Å². The van der Waals surface area contributed by atoms with Crippen LogP contribution >= 0.6 is 7.82 Å². The van der Waals surface area contributed by atoms with Gasteiger partial charge >= 0.3 is 0 Å². The summed E-state index contributed by atoms with van der Waals surface area (Å²) in [5.74, 6) is 0. The molecule has 0 spiro atoms. The van der Waals surface area contributed by atoms with Gasteiger partial charge in [-0.3, -0.25) is 4.57 Å². The minimum Gasteiger partial charge on any atom is -0.756 e. The Morgan fingerprint density at radius 2 is 1.27 bits per heavy atom. The Balaban J connectivity index is -0.000000231. The van der Waals surface area contributed by atoms with Crippen LogP contribution in [0.1, 0.15) is 41.5 Å². The third-order valence-corrected chi connectivity index (χ3v) is 2.84. The Morgan fingerprint density at radius 3 is 1.67 bits per heavy atom. The lowest BCUT2D eigenvalue weighted by Gasteiger charge is -2.30. The molecule has 0 aliphatic rings. The van der Waals surface area contributed by atoms with Crippen LogP contribution in [0.15, 0.2) is 65.0 Å². The molecule has 1 unspecified atom stereocenters. The molecule has 0 aromatic heterocycles. The molecule has 0 bridgehead atoms. The van der Waals surface area contributed by atoms with Crippen molar-refractivity contribution < 1.29 is 43.4 Å². The van der Waals surface area contributed by atoms with Gasteiger partial charge in [0.15, 0.2) is 0 Å². The lowest BCUT2D eigenvalue weighted by atomic mass is 9.97. The molecule has 0 aliphatic heterocycles. The van der Waals surface area contributed by atoms with Crippen molar-refractivity contribution in [1.29, 1.82) is 0 Å². The standard InChI is InChI=1S/C12H25O9P.4C2H4/c1-11(2,3)7-8-15-19-21-20-16-9-10-17-22(13,14)18-12(4,5)6;4*1-2/h7-8H,9-10H2,1-6H3,(H,13,14);4*1-2H2/p-1/b8-7+;;;;. The van der Waals surface area contributed by atoms with Gasteiger partial charge in [0.1, 0.15) is 12.9 Å². The molecule has 0 aromatic rings. The van der Waals surface area contributed by atoms with Crippen molar-refractivity contribution in [3.63, 3.8) is 0 Å². The van der Waals surface area contributed by atoms with Gasteiger partial charge in [0, 0.05) is 10.1 Å². The van der Waals surface area contributed by atoms with Crippen LogP contribution in [-0.2, 0) is 38.5 Å². The zero-order chi connectivity index (χ0) is 25.3. The van der Waals surface area contributed by atoms with Gasteiger partial charge in [-0.2, -0.15) is 0 Å². The highest BCUT2D eigenvalue weighted by molar-refractivity contribution is 7.45. The van der Waals surface area contributed by atoms with E-state index in [9.17, 15) is 9.46 Å². The smallest absolute Gasteiger partial charge is 0.268 e.